The van der Waals surface area contributed by atoms with Crippen LogP contribution in [0, 0.1) is 6.92 Å². The maximum atomic E-state index is 12.9. The van der Waals surface area contributed by atoms with E-state index in [0.717, 1.165) is 19.3 Å². The van der Waals surface area contributed by atoms with Gasteiger partial charge in [0, 0.05) is 25.2 Å². The number of hydrogen-bond donors (Lipinski definition) is 2. The minimum atomic E-state index is -3.62. The number of nitrogens with one attached hydrogen (secondary N) is 2. The van der Waals surface area contributed by atoms with Gasteiger partial charge in [-0.1, -0.05) is 0 Å². The summed E-state index contributed by atoms with van der Waals surface area (Å²) in [6, 6.07) is 4.78. The first-order valence-electron chi connectivity index (χ1n) is 8.04. The first-order valence-corrected chi connectivity index (χ1v) is 11.0. The molecule has 0 spiro atoms. The van der Waals surface area contributed by atoms with Crippen LogP contribution in [0.1, 0.15) is 24.8 Å². The van der Waals surface area contributed by atoms with Crippen molar-refractivity contribution >= 4 is 32.5 Å². The van der Waals surface area contributed by atoms with E-state index in [1.165, 1.54) is 29.6 Å². The van der Waals surface area contributed by atoms with Crippen LogP contribution < -0.4 is 10.0 Å². The fraction of sp³-hybridized carbons (Fsp3) is 0.600. The van der Waals surface area contributed by atoms with E-state index in [1.54, 1.807) is 6.92 Å². The Hall–Kier alpha value is -0.710. The average molecular weight is 410 g/mol. The third kappa shape index (κ3) is 4.01. The van der Waals surface area contributed by atoms with Crippen molar-refractivity contribution in [2.75, 3.05) is 20.1 Å². The lowest BCUT2D eigenvalue weighted by atomic mass is 10.1. The van der Waals surface area contributed by atoms with Crippen LogP contribution in [-0.2, 0) is 20.0 Å². The van der Waals surface area contributed by atoms with E-state index in [0.29, 0.717) is 24.7 Å². The minimum absolute atomic E-state index is 0. The number of fused-ring (bicyclic) bond motifs is 2. The summed E-state index contributed by atoms with van der Waals surface area (Å²) in [6.45, 7) is 2.57. The average Bonchev–Trinajstić information content (AvgIpc) is 2.85. The lowest BCUT2D eigenvalue weighted by Gasteiger charge is -2.24. The summed E-state index contributed by atoms with van der Waals surface area (Å²) in [6.07, 6.45) is 2.91. The highest BCUT2D eigenvalue weighted by Gasteiger charge is 2.35. The molecule has 2 fully saturated rings. The second-order valence-corrected chi connectivity index (χ2v) is 10.2. The molecule has 2 aliphatic rings. The normalized spacial score (nSPS) is 24.6. The van der Waals surface area contributed by atoms with Crippen LogP contribution in [0.25, 0.3) is 0 Å². The van der Waals surface area contributed by atoms with Crippen molar-refractivity contribution in [2.24, 2.45) is 0 Å². The van der Waals surface area contributed by atoms with Crippen LogP contribution in [-0.4, -0.2) is 53.4 Å². The summed E-state index contributed by atoms with van der Waals surface area (Å²) < 4.78 is 53.5. The van der Waals surface area contributed by atoms with Crippen molar-refractivity contribution in [3.63, 3.8) is 0 Å². The summed E-state index contributed by atoms with van der Waals surface area (Å²) in [5.41, 5.74) is 0.417. The van der Waals surface area contributed by atoms with Crippen molar-refractivity contribution in [1.82, 2.24) is 14.3 Å². The van der Waals surface area contributed by atoms with Crippen molar-refractivity contribution in [2.45, 2.75) is 48.1 Å². The van der Waals surface area contributed by atoms with Gasteiger partial charge < -0.3 is 5.32 Å². The van der Waals surface area contributed by atoms with E-state index in [4.69, 9.17) is 0 Å². The summed E-state index contributed by atoms with van der Waals surface area (Å²) in [7, 11) is -5.89. The van der Waals surface area contributed by atoms with Gasteiger partial charge in [-0.2, -0.15) is 4.31 Å². The van der Waals surface area contributed by atoms with Crippen LogP contribution in [0.2, 0.25) is 0 Å². The standard InChI is InChI=1S/C15H23N3O4S2.ClH/c1-11-9-14(5-6-15(11)23(19,20)16-2)24(21,22)18-8-7-12-3-4-13(10-18)17-12;/h5-6,9,12-13,16-17H,3-4,7-8,10H2,1-2H3;1H. The number of nitrogens with zero attached hydrogens (tertiary/aromatic N) is 1. The van der Waals surface area contributed by atoms with E-state index in [1.807, 2.05) is 0 Å². The van der Waals surface area contributed by atoms with Gasteiger partial charge in [-0.3, -0.25) is 0 Å². The van der Waals surface area contributed by atoms with Gasteiger partial charge >= 0.3 is 0 Å². The Morgan fingerprint density at radius 1 is 1.12 bits per heavy atom. The molecule has 142 valence electrons. The molecular weight excluding hydrogens is 386 g/mol. The van der Waals surface area contributed by atoms with Crippen LogP contribution in [0.4, 0.5) is 0 Å². The van der Waals surface area contributed by atoms with E-state index >= 15 is 0 Å². The van der Waals surface area contributed by atoms with Gasteiger partial charge in [-0.25, -0.2) is 21.6 Å². The molecule has 0 saturated carbocycles. The van der Waals surface area contributed by atoms with Gasteiger partial charge in [-0.15, -0.1) is 12.4 Å². The molecule has 1 aromatic rings. The number of benzene rings is 1. The Morgan fingerprint density at radius 3 is 2.44 bits per heavy atom. The van der Waals surface area contributed by atoms with Gasteiger partial charge in [-0.05, 0) is 57.0 Å². The van der Waals surface area contributed by atoms with Crippen LogP contribution >= 0.6 is 12.4 Å². The molecule has 2 heterocycles. The molecule has 0 amide bonds. The first kappa shape index (κ1) is 20.6. The van der Waals surface area contributed by atoms with E-state index in [9.17, 15) is 16.8 Å². The predicted molar refractivity (Wildman–Crippen MR) is 98.0 cm³/mol. The van der Waals surface area contributed by atoms with Gasteiger partial charge in [0.25, 0.3) is 0 Å². The molecule has 3 rings (SSSR count). The molecule has 2 bridgehead atoms. The Kier molecular flexibility index (Phi) is 6.18. The summed E-state index contributed by atoms with van der Waals surface area (Å²) >= 11 is 0. The Labute approximate surface area is 155 Å². The fourth-order valence-electron chi connectivity index (χ4n) is 3.47. The molecule has 2 saturated heterocycles. The van der Waals surface area contributed by atoms with Gasteiger partial charge in [0.05, 0.1) is 9.79 Å². The summed E-state index contributed by atoms with van der Waals surface area (Å²) in [5.74, 6) is 0. The molecule has 2 unspecified atom stereocenters. The molecular formula is C15H24ClN3O4S2. The van der Waals surface area contributed by atoms with Crippen molar-refractivity contribution < 1.29 is 16.8 Å². The quantitative estimate of drug-likeness (QED) is 0.768. The third-order valence-corrected chi connectivity index (χ3v) is 8.26. The highest BCUT2D eigenvalue weighted by atomic mass is 35.5. The van der Waals surface area contributed by atoms with Crippen molar-refractivity contribution in [3.8, 4) is 0 Å². The van der Waals surface area contributed by atoms with Crippen LogP contribution in [0.3, 0.4) is 0 Å². The molecule has 0 aliphatic carbocycles. The minimum Gasteiger partial charge on any atom is -0.310 e. The molecule has 2 atom stereocenters. The Bertz CT molecular complexity index is 842. The van der Waals surface area contributed by atoms with Crippen LogP contribution in [0.5, 0.6) is 0 Å². The molecule has 0 aromatic heterocycles. The SMILES string of the molecule is CNS(=O)(=O)c1ccc(S(=O)(=O)N2CCC3CCC(C2)N3)cc1C.Cl. The fourth-order valence-corrected chi connectivity index (χ4v) is 6.01. The van der Waals surface area contributed by atoms with Gasteiger partial charge in [0.2, 0.25) is 20.0 Å². The summed E-state index contributed by atoms with van der Waals surface area (Å²) in [5, 5.41) is 3.46. The molecule has 7 nitrogen and oxygen atoms in total. The third-order valence-electron chi connectivity index (χ3n) is 4.83. The monoisotopic (exact) mass is 409 g/mol. The number of aryl methyl sites for hydroxylation is 1. The number of hydrogen-bond acceptors (Lipinski definition) is 5. The highest BCUT2D eigenvalue weighted by molar-refractivity contribution is 7.89. The lowest BCUT2D eigenvalue weighted by Crippen LogP contribution is -2.39. The highest BCUT2D eigenvalue weighted by Crippen LogP contribution is 2.26. The summed E-state index contributed by atoms with van der Waals surface area (Å²) in [4.78, 5) is 0.244. The second-order valence-electron chi connectivity index (χ2n) is 6.42. The predicted octanol–water partition coefficient (Wildman–Crippen LogP) is 0.840. The number of sulfonamides is 2. The Morgan fingerprint density at radius 2 is 1.80 bits per heavy atom. The van der Waals surface area contributed by atoms with Crippen molar-refractivity contribution in [1.29, 1.82) is 0 Å². The zero-order valence-corrected chi connectivity index (χ0v) is 16.7. The molecule has 10 heteroatoms. The van der Waals surface area contributed by atoms with E-state index in [2.05, 4.69) is 10.0 Å². The zero-order chi connectivity index (χ0) is 17.5. The molecule has 1 aromatic carbocycles. The first-order chi connectivity index (χ1) is 11.2. The zero-order valence-electron chi connectivity index (χ0n) is 14.2. The van der Waals surface area contributed by atoms with E-state index in [-0.39, 0.29) is 28.2 Å². The topological polar surface area (TPSA) is 95.6 Å². The maximum Gasteiger partial charge on any atom is 0.243 e. The van der Waals surface area contributed by atoms with Crippen LogP contribution in [0.15, 0.2) is 28.0 Å². The lowest BCUT2D eigenvalue weighted by molar-refractivity contribution is 0.383. The molecule has 0 radical (unpaired) electrons. The molecule has 25 heavy (non-hydrogen) atoms. The second kappa shape index (κ2) is 7.50. The Balaban J connectivity index is 0.00000225. The van der Waals surface area contributed by atoms with Gasteiger partial charge in [0.15, 0.2) is 0 Å². The smallest absolute Gasteiger partial charge is 0.243 e. The molecule has 2 aliphatic heterocycles. The van der Waals surface area contributed by atoms with Crippen molar-refractivity contribution in [3.05, 3.63) is 23.8 Å². The number of halogens is 1. The largest absolute Gasteiger partial charge is 0.310 e. The van der Waals surface area contributed by atoms with Gasteiger partial charge in [0.1, 0.15) is 0 Å². The molecule has 2 N–H and O–H groups in total. The van der Waals surface area contributed by atoms with E-state index < -0.39 is 20.0 Å². The maximum absolute atomic E-state index is 12.9. The number of rotatable bonds is 4.